The molecule has 0 spiro atoms. The van der Waals surface area contributed by atoms with Crippen molar-refractivity contribution in [3.63, 3.8) is 0 Å². The lowest BCUT2D eigenvalue weighted by molar-refractivity contribution is 0.0442. The smallest absolute Gasteiger partial charge is 0.134 e. The van der Waals surface area contributed by atoms with Gasteiger partial charge >= 0.3 is 0 Å². The number of rotatable bonds is 8. The van der Waals surface area contributed by atoms with Crippen LogP contribution in [0.5, 0.6) is 5.75 Å². The van der Waals surface area contributed by atoms with E-state index < -0.39 is 0 Å². The summed E-state index contributed by atoms with van der Waals surface area (Å²) in [6, 6.07) is 23.7. The normalized spacial score (nSPS) is 16.2. The van der Waals surface area contributed by atoms with Crippen LogP contribution < -0.4 is 0 Å². The first-order valence-corrected chi connectivity index (χ1v) is 11.7. The van der Waals surface area contributed by atoms with Crippen molar-refractivity contribution >= 4 is 23.2 Å². The molecule has 0 amide bonds. The molecule has 1 unspecified atom stereocenters. The highest BCUT2D eigenvalue weighted by atomic mass is 35.5. The van der Waals surface area contributed by atoms with E-state index >= 15 is 0 Å². The molecule has 3 aromatic rings. The average Bonchev–Trinajstić information content (AvgIpc) is 2.82. The summed E-state index contributed by atoms with van der Waals surface area (Å²) in [5.74, 6) is 0.132. The van der Waals surface area contributed by atoms with E-state index in [-0.39, 0.29) is 11.9 Å². The summed E-state index contributed by atoms with van der Waals surface area (Å²) in [7, 11) is 0. The van der Waals surface area contributed by atoms with Gasteiger partial charge in [-0.15, -0.1) is 0 Å². The topological polar surface area (TPSA) is 35.9 Å². The fourth-order valence-electron chi connectivity index (χ4n) is 4.03. The summed E-state index contributed by atoms with van der Waals surface area (Å²) < 4.78 is 6.37. The molecule has 1 N–H and O–H groups in total. The van der Waals surface area contributed by atoms with Crippen LogP contribution in [-0.2, 0) is 11.3 Å². The summed E-state index contributed by atoms with van der Waals surface area (Å²) in [5.41, 5.74) is 3.38. The Labute approximate surface area is 199 Å². The number of nitrogens with zero attached hydrogens (tertiary/aromatic N) is 2. The van der Waals surface area contributed by atoms with E-state index in [2.05, 4.69) is 21.9 Å². The van der Waals surface area contributed by atoms with Crippen molar-refractivity contribution in [3.8, 4) is 5.75 Å². The van der Waals surface area contributed by atoms with E-state index in [4.69, 9.17) is 27.9 Å². The summed E-state index contributed by atoms with van der Waals surface area (Å²) in [6.45, 7) is 6.41. The standard InChI is InChI=1S/C26H28Cl2N2O2/c27-23-9-7-22(8-10-23)26(21-4-2-1-3-5-21)32-17-16-29-12-14-30(15-13-29)19-20-6-11-25(31)24(28)18-20/h1-11,18,26,31H,12-17,19H2. The maximum absolute atomic E-state index is 9.59. The molecule has 1 fully saturated rings. The molecular weight excluding hydrogens is 443 g/mol. The zero-order chi connectivity index (χ0) is 22.3. The first kappa shape index (κ1) is 23.1. The summed E-state index contributed by atoms with van der Waals surface area (Å²) in [6.07, 6.45) is -0.103. The fraction of sp³-hybridized carbons (Fsp3) is 0.308. The molecule has 0 aromatic heterocycles. The lowest BCUT2D eigenvalue weighted by Gasteiger charge is -2.35. The highest BCUT2D eigenvalue weighted by molar-refractivity contribution is 6.32. The molecular formula is C26H28Cl2N2O2. The van der Waals surface area contributed by atoms with Gasteiger partial charge in [0.15, 0.2) is 0 Å². The van der Waals surface area contributed by atoms with Gasteiger partial charge in [-0.05, 0) is 41.0 Å². The van der Waals surface area contributed by atoms with E-state index in [0.29, 0.717) is 11.6 Å². The van der Waals surface area contributed by atoms with E-state index in [1.165, 1.54) is 0 Å². The molecule has 1 aliphatic rings. The average molecular weight is 471 g/mol. The van der Waals surface area contributed by atoms with Crippen LogP contribution in [0.25, 0.3) is 0 Å². The van der Waals surface area contributed by atoms with Crippen LogP contribution >= 0.6 is 23.2 Å². The van der Waals surface area contributed by atoms with Crippen LogP contribution in [0.4, 0.5) is 0 Å². The number of hydrogen-bond acceptors (Lipinski definition) is 4. The van der Waals surface area contributed by atoms with E-state index in [1.807, 2.05) is 54.6 Å². The van der Waals surface area contributed by atoms with Gasteiger partial charge in [0.25, 0.3) is 0 Å². The number of halogens is 2. The maximum atomic E-state index is 9.59. The number of benzene rings is 3. The van der Waals surface area contributed by atoms with Crippen LogP contribution in [0.3, 0.4) is 0 Å². The van der Waals surface area contributed by atoms with Crippen molar-refractivity contribution in [1.29, 1.82) is 0 Å². The number of phenolic OH excluding ortho intramolecular Hbond substituents is 1. The minimum absolute atomic E-state index is 0.103. The Hall–Kier alpha value is -2.08. The van der Waals surface area contributed by atoms with Crippen molar-refractivity contribution in [3.05, 3.63) is 99.5 Å². The van der Waals surface area contributed by atoms with E-state index in [0.717, 1.165) is 61.0 Å². The first-order chi connectivity index (χ1) is 15.6. The minimum atomic E-state index is -0.103. The highest BCUT2D eigenvalue weighted by Crippen LogP contribution is 2.27. The largest absolute Gasteiger partial charge is 0.506 e. The van der Waals surface area contributed by atoms with Crippen LogP contribution in [0.15, 0.2) is 72.8 Å². The Balaban J connectivity index is 1.27. The number of aromatic hydroxyl groups is 1. The van der Waals surface area contributed by atoms with Gasteiger partial charge in [0.05, 0.1) is 11.6 Å². The molecule has 1 atom stereocenters. The third kappa shape index (κ3) is 6.25. The number of piperazine rings is 1. The van der Waals surface area contributed by atoms with Gasteiger partial charge in [-0.3, -0.25) is 9.80 Å². The van der Waals surface area contributed by atoms with E-state index in [1.54, 1.807) is 6.07 Å². The van der Waals surface area contributed by atoms with E-state index in [9.17, 15) is 5.11 Å². The van der Waals surface area contributed by atoms with Crippen molar-refractivity contribution in [2.45, 2.75) is 12.6 Å². The van der Waals surface area contributed by atoms with Gasteiger partial charge < -0.3 is 9.84 Å². The molecule has 1 aliphatic heterocycles. The van der Waals surface area contributed by atoms with Crippen molar-refractivity contribution in [1.82, 2.24) is 9.80 Å². The molecule has 0 radical (unpaired) electrons. The molecule has 1 heterocycles. The minimum Gasteiger partial charge on any atom is -0.506 e. The molecule has 4 nitrogen and oxygen atoms in total. The Morgan fingerprint density at radius 3 is 2.16 bits per heavy atom. The molecule has 0 bridgehead atoms. The molecule has 0 saturated carbocycles. The summed E-state index contributed by atoms with van der Waals surface area (Å²) >= 11 is 12.1. The number of phenols is 1. The Morgan fingerprint density at radius 2 is 1.47 bits per heavy atom. The van der Waals surface area contributed by atoms with Crippen molar-refractivity contribution < 1.29 is 9.84 Å². The lowest BCUT2D eigenvalue weighted by atomic mass is 10.0. The molecule has 6 heteroatoms. The van der Waals surface area contributed by atoms with Crippen LogP contribution in [0.2, 0.25) is 10.0 Å². The number of hydrogen-bond donors (Lipinski definition) is 1. The Kier molecular flexibility index (Phi) is 8.06. The van der Waals surface area contributed by atoms with Crippen molar-refractivity contribution in [2.75, 3.05) is 39.3 Å². The van der Waals surface area contributed by atoms with Gasteiger partial charge in [-0.25, -0.2) is 0 Å². The van der Waals surface area contributed by atoms with Crippen LogP contribution in [0, 0.1) is 0 Å². The zero-order valence-corrected chi connectivity index (χ0v) is 19.5. The quantitative estimate of drug-likeness (QED) is 0.463. The Morgan fingerprint density at radius 1 is 0.812 bits per heavy atom. The molecule has 0 aliphatic carbocycles. The molecule has 168 valence electrons. The van der Waals surface area contributed by atoms with Crippen molar-refractivity contribution in [2.24, 2.45) is 0 Å². The second kappa shape index (κ2) is 11.2. The predicted molar refractivity (Wildman–Crippen MR) is 131 cm³/mol. The monoisotopic (exact) mass is 470 g/mol. The SMILES string of the molecule is Oc1ccc(CN2CCN(CCOC(c3ccccc3)c3ccc(Cl)cc3)CC2)cc1Cl. The lowest BCUT2D eigenvalue weighted by Crippen LogP contribution is -2.46. The predicted octanol–water partition coefficient (Wildman–Crippen LogP) is 5.62. The molecule has 32 heavy (non-hydrogen) atoms. The third-order valence-electron chi connectivity index (χ3n) is 5.85. The second-order valence-electron chi connectivity index (χ2n) is 8.12. The first-order valence-electron chi connectivity index (χ1n) is 10.9. The molecule has 3 aromatic carbocycles. The van der Waals surface area contributed by atoms with Gasteiger partial charge in [0.1, 0.15) is 11.9 Å². The van der Waals surface area contributed by atoms with Gasteiger partial charge in [0, 0.05) is 44.3 Å². The fourth-order valence-corrected chi connectivity index (χ4v) is 4.36. The van der Waals surface area contributed by atoms with Crippen LogP contribution in [0.1, 0.15) is 22.8 Å². The second-order valence-corrected chi connectivity index (χ2v) is 8.96. The van der Waals surface area contributed by atoms with Gasteiger partial charge in [-0.2, -0.15) is 0 Å². The maximum Gasteiger partial charge on any atom is 0.134 e. The Bertz CT molecular complexity index is 990. The molecule has 1 saturated heterocycles. The third-order valence-corrected chi connectivity index (χ3v) is 6.41. The van der Waals surface area contributed by atoms with Gasteiger partial charge in [0.2, 0.25) is 0 Å². The molecule has 4 rings (SSSR count). The number of ether oxygens (including phenoxy) is 1. The zero-order valence-electron chi connectivity index (χ0n) is 18.0. The van der Waals surface area contributed by atoms with Crippen LogP contribution in [-0.4, -0.2) is 54.2 Å². The summed E-state index contributed by atoms with van der Waals surface area (Å²) in [5, 5.41) is 10.7. The highest BCUT2D eigenvalue weighted by Gasteiger charge is 2.19. The van der Waals surface area contributed by atoms with Gasteiger partial charge in [-0.1, -0.05) is 71.7 Å². The summed E-state index contributed by atoms with van der Waals surface area (Å²) in [4.78, 5) is 4.87.